The Morgan fingerprint density at radius 1 is 1.47 bits per heavy atom. The molecule has 1 aliphatic rings. The van der Waals surface area contributed by atoms with Gasteiger partial charge in [0.05, 0.1) is 12.6 Å². The zero-order valence-corrected chi connectivity index (χ0v) is 10.4. The summed E-state index contributed by atoms with van der Waals surface area (Å²) in [7, 11) is 0. The quantitative estimate of drug-likeness (QED) is 0.672. The monoisotopic (exact) mass is 213 g/mol. The molecule has 88 valence electrons. The highest BCUT2D eigenvalue weighted by Crippen LogP contribution is 2.28. The fourth-order valence-corrected chi connectivity index (χ4v) is 2.16. The fourth-order valence-electron chi connectivity index (χ4n) is 2.16. The number of esters is 1. The first-order valence-corrected chi connectivity index (χ1v) is 5.81. The summed E-state index contributed by atoms with van der Waals surface area (Å²) in [5.74, 6) is -0.0947. The van der Waals surface area contributed by atoms with E-state index < -0.39 is 0 Å². The number of likely N-dealkylation sites (tertiary alicyclic amines) is 1. The van der Waals surface area contributed by atoms with Gasteiger partial charge in [-0.2, -0.15) is 0 Å². The van der Waals surface area contributed by atoms with E-state index in [1.165, 1.54) is 12.8 Å². The first kappa shape index (κ1) is 12.5. The first-order chi connectivity index (χ1) is 6.89. The molecule has 0 aromatic rings. The van der Waals surface area contributed by atoms with Gasteiger partial charge in [0.1, 0.15) is 0 Å². The van der Waals surface area contributed by atoms with E-state index in [1.807, 2.05) is 13.8 Å². The third-order valence-corrected chi connectivity index (χ3v) is 2.70. The van der Waals surface area contributed by atoms with E-state index in [-0.39, 0.29) is 12.1 Å². The number of ether oxygens (including phenoxy) is 1. The molecule has 0 atom stereocenters. The van der Waals surface area contributed by atoms with Crippen molar-refractivity contribution in [2.24, 2.45) is 5.41 Å². The van der Waals surface area contributed by atoms with Crippen LogP contribution >= 0.6 is 0 Å². The molecule has 1 fully saturated rings. The smallest absolute Gasteiger partial charge is 0.320 e. The summed E-state index contributed by atoms with van der Waals surface area (Å²) in [5, 5.41) is 0. The standard InChI is InChI=1S/C12H23NO2/c1-10(2)15-11(14)8-13-7-5-6-12(3,4)9-13/h10H,5-9H2,1-4H3. The number of carbonyl (C=O) groups excluding carboxylic acids is 1. The van der Waals surface area contributed by atoms with Gasteiger partial charge in [-0.05, 0) is 38.6 Å². The Kier molecular flexibility index (Phi) is 4.14. The largest absolute Gasteiger partial charge is 0.462 e. The van der Waals surface area contributed by atoms with Crippen molar-refractivity contribution < 1.29 is 9.53 Å². The van der Waals surface area contributed by atoms with Gasteiger partial charge >= 0.3 is 5.97 Å². The van der Waals surface area contributed by atoms with Gasteiger partial charge in [-0.25, -0.2) is 0 Å². The van der Waals surface area contributed by atoms with Crippen LogP contribution in [-0.2, 0) is 9.53 Å². The number of nitrogens with zero attached hydrogens (tertiary/aromatic N) is 1. The Bertz CT molecular complexity index is 224. The predicted octanol–water partition coefficient (Wildman–Crippen LogP) is 2.06. The molecule has 0 unspecified atom stereocenters. The molecule has 0 spiro atoms. The Morgan fingerprint density at radius 2 is 2.13 bits per heavy atom. The minimum absolute atomic E-state index is 0.00435. The van der Waals surface area contributed by atoms with Crippen molar-refractivity contribution in [3.63, 3.8) is 0 Å². The summed E-state index contributed by atoms with van der Waals surface area (Å²) in [6.45, 7) is 10.8. The van der Waals surface area contributed by atoms with Crippen LogP contribution in [0.2, 0.25) is 0 Å². The predicted molar refractivity (Wildman–Crippen MR) is 60.7 cm³/mol. The normalized spacial score (nSPS) is 21.7. The number of carbonyl (C=O) groups is 1. The van der Waals surface area contributed by atoms with Gasteiger partial charge in [0.2, 0.25) is 0 Å². The molecule has 0 bridgehead atoms. The second kappa shape index (κ2) is 4.97. The van der Waals surface area contributed by atoms with Gasteiger partial charge in [-0.3, -0.25) is 9.69 Å². The lowest BCUT2D eigenvalue weighted by Gasteiger charge is -2.37. The Labute approximate surface area is 92.8 Å². The lowest BCUT2D eigenvalue weighted by atomic mass is 9.84. The maximum atomic E-state index is 11.5. The van der Waals surface area contributed by atoms with Crippen molar-refractivity contribution in [3.8, 4) is 0 Å². The van der Waals surface area contributed by atoms with E-state index in [0.717, 1.165) is 13.1 Å². The van der Waals surface area contributed by atoms with Crippen molar-refractivity contribution in [1.82, 2.24) is 4.90 Å². The SMILES string of the molecule is CC(C)OC(=O)CN1CCCC(C)(C)C1. The summed E-state index contributed by atoms with van der Waals surface area (Å²) in [5.41, 5.74) is 0.344. The summed E-state index contributed by atoms with van der Waals surface area (Å²) in [6, 6.07) is 0. The van der Waals surface area contributed by atoms with Crippen LogP contribution < -0.4 is 0 Å². The maximum Gasteiger partial charge on any atom is 0.320 e. The minimum Gasteiger partial charge on any atom is -0.462 e. The van der Waals surface area contributed by atoms with E-state index in [2.05, 4.69) is 18.7 Å². The van der Waals surface area contributed by atoms with E-state index in [9.17, 15) is 4.79 Å². The number of hydrogen-bond acceptors (Lipinski definition) is 3. The summed E-state index contributed by atoms with van der Waals surface area (Å²) in [6.07, 6.45) is 2.43. The zero-order valence-electron chi connectivity index (χ0n) is 10.4. The molecular formula is C12H23NO2. The van der Waals surface area contributed by atoms with Crippen LogP contribution in [-0.4, -0.2) is 36.6 Å². The summed E-state index contributed by atoms with van der Waals surface area (Å²) >= 11 is 0. The lowest BCUT2D eigenvalue weighted by Crippen LogP contribution is -2.43. The summed E-state index contributed by atoms with van der Waals surface area (Å²) < 4.78 is 5.14. The Morgan fingerprint density at radius 3 is 2.67 bits per heavy atom. The number of rotatable bonds is 3. The molecule has 0 radical (unpaired) electrons. The topological polar surface area (TPSA) is 29.5 Å². The van der Waals surface area contributed by atoms with Crippen molar-refractivity contribution in [1.29, 1.82) is 0 Å². The van der Waals surface area contributed by atoms with Crippen LogP contribution in [0.3, 0.4) is 0 Å². The van der Waals surface area contributed by atoms with Crippen LogP contribution in [0.5, 0.6) is 0 Å². The third-order valence-electron chi connectivity index (χ3n) is 2.70. The van der Waals surface area contributed by atoms with Gasteiger partial charge in [0.15, 0.2) is 0 Å². The highest BCUT2D eigenvalue weighted by molar-refractivity contribution is 5.71. The van der Waals surface area contributed by atoms with Crippen molar-refractivity contribution in [2.75, 3.05) is 19.6 Å². The van der Waals surface area contributed by atoms with E-state index in [0.29, 0.717) is 12.0 Å². The van der Waals surface area contributed by atoms with Gasteiger partial charge in [0.25, 0.3) is 0 Å². The van der Waals surface area contributed by atoms with E-state index in [1.54, 1.807) is 0 Å². The highest BCUT2D eigenvalue weighted by atomic mass is 16.5. The van der Waals surface area contributed by atoms with Crippen LogP contribution in [0.1, 0.15) is 40.5 Å². The molecule has 3 nitrogen and oxygen atoms in total. The molecule has 0 N–H and O–H groups in total. The van der Waals surface area contributed by atoms with Crippen LogP contribution in [0.25, 0.3) is 0 Å². The van der Waals surface area contributed by atoms with Crippen molar-refractivity contribution >= 4 is 5.97 Å². The van der Waals surface area contributed by atoms with E-state index in [4.69, 9.17) is 4.74 Å². The Hall–Kier alpha value is -0.570. The average Bonchev–Trinajstić information content (AvgIpc) is 1.99. The molecule has 1 heterocycles. The highest BCUT2D eigenvalue weighted by Gasteiger charge is 2.27. The van der Waals surface area contributed by atoms with Crippen molar-refractivity contribution in [2.45, 2.75) is 46.6 Å². The second-order valence-corrected chi connectivity index (χ2v) is 5.52. The maximum absolute atomic E-state index is 11.5. The molecular weight excluding hydrogens is 190 g/mol. The molecule has 1 aliphatic heterocycles. The lowest BCUT2D eigenvalue weighted by molar-refractivity contribution is -0.149. The molecule has 1 rings (SSSR count). The molecule has 15 heavy (non-hydrogen) atoms. The molecule has 0 aliphatic carbocycles. The number of piperidine rings is 1. The van der Waals surface area contributed by atoms with Crippen LogP contribution in [0, 0.1) is 5.41 Å². The van der Waals surface area contributed by atoms with Crippen LogP contribution in [0.15, 0.2) is 0 Å². The fraction of sp³-hybridized carbons (Fsp3) is 0.917. The molecule has 1 saturated heterocycles. The molecule has 0 amide bonds. The number of hydrogen-bond donors (Lipinski definition) is 0. The molecule has 0 aromatic heterocycles. The van der Waals surface area contributed by atoms with Gasteiger partial charge in [-0.1, -0.05) is 13.8 Å². The van der Waals surface area contributed by atoms with Crippen LogP contribution in [0.4, 0.5) is 0 Å². The van der Waals surface area contributed by atoms with Crippen molar-refractivity contribution in [3.05, 3.63) is 0 Å². The molecule has 0 saturated carbocycles. The molecule has 3 heteroatoms. The van der Waals surface area contributed by atoms with E-state index >= 15 is 0 Å². The van der Waals surface area contributed by atoms with Gasteiger partial charge < -0.3 is 4.74 Å². The minimum atomic E-state index is -0.0947. The zero-order chi connectivity index (χ0) is 11.5. The first-order valence-electron chi connectivity index (χ1n) is 5.81. The average molecular weight is 213 g/mol. The summed E-state index contributed by atoms with van der Waals surface area (Å²) in [4.78, 5) is 13.7. The Balaban J connectivity index is 2.35. The second-order valence-electron chi connectivity index (χ2n) is 5.52. The third kappa shape index (κ3) is 4.65. The van der Waals surface area contributed by atoms with Gasteiger partial charge in [-0.15, -0.1) is 0 Å². The van der Waals surface area contributed by atoms with Gasteiger partial charge in [0, 0.05) is 6.54 Å². The molecule has 0 aromatic carbocycles.